The van der Waals surface area contributed by atoms with Crippen molar-refractivity contribution in [1.29, 1.82) is 0 Å². The van der Waals surface area contributed by atoms with Crippen molar-refractivity contribution in [1.82, 2.24) is 9.78 Å². The molecule has 0 aliphatic carbocycles. The first-order chi connectivity index (χ1) is 5.22. The topological polar surface area (TPSA) is 17.8 Å². The van der Waals surface area contributed by atoms with E-state index in [1.54, 1.807) is 6.20 Å². The highest BCUT2D eigenvalue weighted by Crippen LogP contribution is 2.08. The molecule has 0 radical (unpaired) electrons. The van der Waals surface area contributed by atoms with E-state index in [0.717, 1.165) is 11.9 Å². The van der Waals surface area contributed by atoms with Crippen molar-refractivity contribution in [3.8, 4) is 0 Å². The molecule has 0 spiro atoms. The molecule has 0 N–H and O–H groups in total. The SMILES string of the molecule is CC(CBr)Cn1cc(Cl)cn1. The number of aromatic nitrogens is 2. The van der Waals surface area contributed by atoms with E-state index in [-0.39, 0.29) is 0 Å². The zero-order chi connectivity index (χ0) is 8.27. The summed E-state index contributed by atoms with van der Waals surface area (Å²) in [6, 6.07) is 0. The normalized spacial score (nSPS) is 13.4. The van der Waals surface area contributed by atoms with Crippen molar-refractivity contribution in [3.05, 3.63) is 17.4 Å². The second kappa shape index (κ2) is 4.12. The molecule has 62 valence electrons. The van der Waals surface area contributed by atoms with E-state index >= 15 is 0 Å². The van der Waals surface area contributed by atoms with Gasteiger partial charge in [-0.15, -0.1) is 0 Å². The van der Waals surface area contributed by atoms with Crippen LogP contribution in [-0.2, 0) is 6.54 Å². The molecule has 1 aromatic rings. The van der Waals surface area contributed by atoms with E-state index in [9.17, 15) is 0 Å². The summed E-state index contributed by atoms with van der Waals surface area (Å²) in [5.74, 6) is 0.589. The summed E-state index contributed by atoms with van der Waals surface area (Å²) in [5.41, 5.74) is 0. The summed E-state index contributed by atoms with van der Waals surface area (Å²) in [6.07, 6.45) is 3.49. The van der Waals surface area contributed by atoms with E-state index in [1.165, 1.54) is 0 Å². The second-order valence-corrected chi connectivity index (χ2v) is 3.72. The Kier molecular flexibility index (Phi) is 3.40. The van der Waals surface area contributed by atoms with E-state index in [1.807, 2.05) is 10.9 Å². The average Bonchev–Trinajstić information content (AvgIpc) is 2.35. The van der Waals surface area contributed by atoms with E-state index in [2.05, 4.69) is 28.0 Å². The molecule has 2 nitrogen and oxygen atoms in total. The average molecular weight is 238 g/mol. The molecule has 1 unspecified atom stereocenters. The summed E-state index contributed by atoms with van der Waals surface area (Å²) < 4.78 is 1.86. The summed E-state index contributed by atoms with van der Waals surface area (Å²) in [7, 11) is 0. The highest BCUT2D eigenvalue weighted by molar-refractivity contribution is 9.09. The van der Waals surface area contributed by atoms with Crippen LogP contribution >= 0.6 is 27.5 Å². The Morgan fingerprint density at radius 2 is 2.55 bits per heavy atom. The maximum atomic E-state index is 5.69. The first kappa shape index (κ1) is 9.07. The summed E-state index contributed by atoms with van der Waals surface area (Å²) >= 11 is 9.10. The molecular formula is C7H10BrClN2. The molecule has 4 heteroatoms. The summed E-state index contributed by atoms with van der Waals surface area (Å²) in [4.78, 5) is 0. The highest BCUT2D eigenvalue weighted by atomic mass is 79.9. The molecule has 11 heavy (non-hydrogen) atoms. The standard InChI is InChI=1S/C7H10BrClN2/c1-6(2-8)4-11-5-7(9)3-10-11/h3,5-6H,2,4H2,1H3. The Hall–Kier alpha value is -0.0200. The molecule has 0 fully saturated rings. The third kappa shape index (κ3) is 2.83. The van der Waals surface area contributed by atoms with Crippen LogP contribution in [0.3, 0.4) is 0 Å². The minimum atomic E-state index is 0.589. The van der Waals surface area contributed by atoms with Crippen LogP contribution in [0.5, 0.6) is 0 Å². The predicted octanol–water partition coefficient (Wildman–Crippen LogP) is 2.57. The largest absolute Gasteiger partial charge is 0.271 e. The van der Waals surface area contributed by atoms with Gasteiger partial charge >= 0.3 is 0 Å². The van der Waals surface area contributed by atoms with E-state index in [0.29, 0.717) is 10.9 Å². The van der Waals surface area contributed by atoms with Crippen molar-refractivity contribution in [2.24, 2.45) is 5.92 Å². The van der Waals surface area contributed by atoms with Gasteiger partial charge in [0, 0.05) is 18.1 Å². The van der Waals surface area contributed by atoms with Gasteiger partial charge in [0.1, 0.15) is 0 Å². The van der Waals surface area contributed by atoms with Gasteiger partial charge in [0.15, 0.2) is 0 Å². The molecular weight excluding hydrogens is 227 g/mol. The first-order valence-corrected chi connectivity index (χ1v) is 4.96. The fraction of sp³-hybridized carbons (Fsp3) is 0.571. The zero-order valence-corrected chi connectivity index (χ0v) is 8.64. The molecule has 0 bridgehead atoms. The fourth-order valence-corrected chi connectivity index (χ4v) is 1.17. The van der Waals surface area contributed by atoms with Crippen molar-refractivity contribution >= 4 is 27.5 Å². The van der Waals surface area contributed by atoms with Crippen molar-refractivity contribution in [3.63, 3.8) is 0 Å². The summed E-state index contributed by atoms with van der Waals surface area (Å²) in [5, 5.41) is 5.76. The van der Waals surface area contributed by atoms with Gasteiger partial charge in [-0.2, -0.15) is 5.10 Å². The van der Waals surface area contributed by atoms with Crippen LogP contribution in [0.25, 0.3) is 0 Å². The number of halogens is 2. The molecule has 0 aromatic carbocycles. The maximum Gasteiger partial charge on any atom is 0.0785 e. The summed E-state index contributed by atoms with van der Waals surface area (Å²) in [6.45, 7) is 3.07. The van der Waals surface area contributed by atoms with Crippen LogP contribution in [0.4, 0.5) is 0 Å². The molecule has 0 saturated carbocycles. The Bertz CT molecular complexity index is 224. The van der Waals surface area contributed by atoms with Gasteiger partial charge in [-0.05, 0) is 5.92 Å². The molecule has 0 aliphatic heterocycles. The molecule has 0 amide bonds. The van der Waals surface area contributed by atoms with Crippen LogP contribution in [0, 0.1) is 5.92 Å². The van der Waals surface area contributed by atoms with Gasteiger partial charge in [0.2, 0.25) is 0 Å². The van der Waals surface area contributed by atoms with Gasteiger partial charge in [-0.3, -0.25) is 4.68 Å². The first-order valence-electron chi connectivity index (χ1n) is 3.46. The second-order valence-electron chi connectivity index (χ2n) is 2.64. The molecule has 0 saturated heterocycles. The van der Waals surface area contributed by atoms with Crippen LogP contribution in [0.2, 0.25) is 5.02 Å². The molecule has 1 heterocycles. The van der Waals surface area contributed by atoms with Gasteiger partial charge in [0.05, 0.1) is 11.2 Å². The molecule has 0 aliphatic rings. The maximum absolute atomic E-state index is 5.69. The van der Waals surface area contributed by atoms with Crippen molar-refractivity contribution in [2.75, 3.05) is 5.33 Å². The zero-order valence-electron chi connectivity index (χ0n) is 6.30. The van der Waals surface area contributed by atoms with Crippen LogP contribution in [0.1, 0.15) is 6.92 Å². The fourth-order valence-electron chi connectivity index (χ4n) is 0.806. The Morgan fingerprint density at radius 1 is 1.82 bits per heavy atom. The lowest BCUT2D eigenvalue weighted by Crippen LogP contribution is -2.08. The van der Waals surface area contributed by atoms with Gasteiger partial charge < -0.3 is 0 Å². The van der Waals surface area contributed by atoms with Crippen molar-refractivity contribution in [2.45, 2.75) is 13.5 Å². The third-order valence-corrected chi connectivity index (χ3v) is 2.66. The Labute approximate surface area is 79.7 Å². The van der Waals surface area contributed by atoms with E-state index in [4.69, 9.17) is 11.6 Å². The number of nitrogens with zero attached hydrogens (tertiary/aromatic N) is 2. The van der Waals surface area contributed by atoms with Gasteiger partial charge in [-0.25, -0.2) is 0 Å². The third-order valence-electron chi connectivity index (χ3n) is 1.36. The number of alkyl halides is 1. The van der Waals surface area contributed by atoms with Crippen LogP contribution < -0.4 is 0 Å². The number of hydrogen-bond acceptors (Lipinski definition) is 1. The molecule has 1 aromatic heterocycles. The smallest absolute Gasteiger partial charge is 0.0785 e. The molecule has 1 atom stereocenters. The van der Waals surface area contributed by atoms with Crippen molar-refractivity contribution < 1.29 is 0 Å². The quantitative estimate of drug-likeness (QED) is 0.739. The van der Waals surface area contributed by atoms with E-state index < -0.39 is 0 Å². The van der Waals surface area contributed by atoms with Crippen LogP contribution in [-0.4, -0.2) is 15.1 Å². The lowest BCUT2D eigenvalue weighted by molar-refractivity contribution is 0.491. The monoisotopic (exact) mass is 236 g/mol. The Morgan fingerprint density at radius 3 is 3.00 bits per heavy atom. The molecule has 1 rings (SSSR count). The highest BCUT2D eigenvalue weighted by Gasteiger charge is 2.01. The Balaban J connectivity index is 2.50. The number of rotatable bonds is 3. The van der Waals surface area contributed by atoms with Gasteiger partial charge in [0.25, 0.3) is 0 Å². The minimum Gasteiger partial charge on any atom is -0.271 e. The predicted molar refractivity (Wildman–Crippen MR) is 50.2 cm³/mol. The number of hydrogen-bond donors (Lipinski definition) is 0. The lowest BCUT2D eigenvalue weighted by atomic mass is 10.2. The minimum absolute atomic E-state index is 0.589. The van der Waals surface area contributed by atoms with Gasteiger partial charge in [-0.1, -0.05) is 34.5 Å². The van der Waals surface area contributed by atoms with Crippen LogP contribution in [0.15, 0.2) is 12.4 Å². The lowest BCUT2D eigenvalue weighted by Gasteiger charge is -2.05.